The van der Waals surface area contributed by atoms with E-state index < -0.39 is 14.1 Å². The Morgan fingerprint density at radius 1 is 1.12 bits per heavy atom. The van der Waals surface area contributed by atoms with Gasteiger partial charge >= 0.3 is 0 Å². The smallest absolute Gasteiger partial charge is 0.191 e. The fraction of sp³-hybridized carbons (Fsp3) is 0.900. The number of hydrogen-bond acceptors (Lipinski definition) is 4. The third kappa shape index (κ3) is 3.63. The van der Waals surface area contributed by atoms with Crippen LogP contribution in [0, 0.1) is 10.8 Å². The third-order valence-electron chi connectivity index (χ3n) is 7.29. The maximum absolute atomic E-state index is 9.27. The van der Waals surface area contributed by atoms with Crippen LogP contribution in [0.1, 0.15) is 53.9 Å². The summed E-state index contributed by atoms with van der Waals surface area (Å²) in [6.07, 6.45) is 6.82. The molecule has 1 saturated heterocycles. The van der Waals surface area contributed by atoms with E-state index in [0.29, 0.717) is 13.2 Å². The van der Waals surface area contributed by atoms with Crippen molar-refractivity contribution in [3.63, 3.8) is 0 Å². The van der Waals surface area contributed by atoms with Crippen molar-refractivity contribution >= 4 is 8.32 Å². The largest absolute Gasteiger partial charge is 0.417 e. The van der Waals surface area contributed by atoms with Crippen LogP contribution >= 0.6 is 0 Å². The molecule has 1 spiro atoms. The highest BCUT2D eigenvalue weighted by Crippen LogP contribution is 2.63. The standard InChI is InChI=1S/C20H38O4Si/c1-17(2,3)25(6,7)24-14-12-19(5)18(4,9-8-13-21)10-11-20(19)22-15-16-23-20/h8-9,21H,10-16H2,1-7H3/b9-8+/t18-,19-/m0/s1. The van der Waals surface area contributed by atoms with Crippen molar-refractivity contribution in [1.29, 1.82) is 0 Å². The summed E-state index contributed by atoms with van der Waals surface area (Å²) >= 11 is 0. The summed E-state index contributed by atoms with van der Waals surface area (Å²) in [7, 11) is -1.77. The summed E-state index contributed by atoms with van der Waals surface area (Å²) < 4.78 is 18.8. The Morgan fingerprint density at radius 3 is 2.24 bits per heavy atom. The molecule has 1 heterocycles. The molecule has 25 heavy (non-hydrogen) atoms. The lowest BCUT2D eigenvalue weighted by molar-refractivity contribution is -0.234. The van der Waals surface area contributed by atoms with Gasteiger partial charge in [-0.15, -0.1) is 0 Å². The molecule has 2 rings (SSSR count). The third-order valence-corrected chi connectivity index (χ3v) is 11.8. The molecule has 1 saturated carbocycles. The van der Waals surface area contributed by atoms with E-state index in [9.17, 15) is 5.11 Å². The van der Waals surface area contributed by atoms with Gasteiger partial charge in [-0.1, -0.05) is 46.8 Å². The van der Waals surface area contributed by atoms with Crippen LogP contribution in [0.2, 0.25) is 18.1 Å². The Hall–Kier alpha value is -0.203. The Morgan fingerprint density at radius 2 is 1.72 bits per heavy atom. The SMILES string of the molecule is CC(C)(C)[Si](C)(C)OCC[C@]1(C)C2(CC[C@]1(C)/C=C/CO)OCCO2. The lowest BCUT2D eigenvalue weighted by atomic mass is 9.64. The molecule has 0 aromatic carbocycles. The summed E-state index contributed by atoms with van der Waals surface area (Å²) in [6.45, 7) is 18.1. The van der Waals surface area contributed by atoms with Gasteiger partial charge in [0.25, 0.3) is 0 Å². The number of allylic oxidation sites excluding steroid dienone is 1. The number of ether oxygens (including phenoxy) is 2. The predicted molar refractivity (Wildman–Crippen MR) is 104 cm³/mol. The molecular weight excluding hydrogens is 332 g/mol. The highest BCUT2D eigenvalue weighted by atomic mass is 28.4. The first-order valence-corrected chi connectivity index (χ1v) is 12.5. The van der Waals surface area contributed by atoms with Gasteiger partial charge in [0, 0.05) is 18.4 Å². The average Bonchev–Trinajstić information content (AvgIpc) is 3.06. The minimum absolute atomic E-state index is 0.0703. The van der Waals surface area contributed by atoms with Crippen LogP contribution in [0.15, 0.2) is 12.2 Å². The van der Waals surface area contributed by atoms with E-state index in [0.717, 1.165) is 25.9 Å². The molecule has 0 aromatic heterocycles. The molecule has 1 N–H and O–H groups in total. The fourth-order valence-corrected chi connectivity index (χ4v) is 5.16. The van der Waals surface area contributed by atoms with E-state index in [-0.39, 0.29) is 22.5 Å². The van der Waals surface area contributed by atoms with Crippen molar-refractivity contribution in [2.45, 2.75) is 77.8 Å². The van der Waals surface area contributed by atoms with Gasteiger partial charge < -0.3 is 19.0 Å². The summed E-state index contributed by atoms with van der Waals surface area (Å²) in [6, 6.07) is 0. The van der Waals surface area contributed by atoms with E-state index in [1.807, 2.05) is 6.08 Å². The highest BCUT2D eigenvalue weighted by Gasteiger charge is 2.65. The molecule has 0 bridgehead atoms. The van der Waals surface area contributed by atoms with Crippen LogP contribution < -0.4 is 0 Å². The van der Waals surface area contributed by atoms with Gasteiger partial charge in [-0.3, -0.25) is 0 Å². The number of rotatable bonds is 6. The van der Waals surface area contributed by atoms with Gasteiger partial charge in [-0.2, -0.15) is 0 Å². The summed E-state index contributed by atoms with van der Waals surface area (Å²) in [5.74, 6) is -0.516. The first-order valence-electron chi connectivity index (χ1n) is 9.64. The molecule has 5 heteroatoms. The Balaban J connectivity index is 2.20. The van der Waals surface area contributed by atoms with Crippen LogP contribution in [0.5, 0.6) is 0 Å². The first kappa shape index (κ1) is 21.1. The first-order chi connectivity index (χ1) is 11.4. The fourth-order valence-electron chi connectivity index (χ4n) is 4.11. The molecule has 1 aliphatic carbocycles. The number of aliphatic hydroxyl groups is 1. The summed E-state index contributed by atoms with van der Waals surface area (Å²) in [5.41, 5.74) is -0.249. The molecule has 2 fully saturated rings. The van der Waals surface area contributed by atoms with Gasteiger partial charge in [-0.05, 0) is 36.4 Å². The molecule has 0 amide bonds. The molecule has 0 unspecified atom stereocenters. The van der Waals surface area contributed by atoms with Gasteiger partial charge in [0.15, 0.2) is 14.1 Å². The number of aliphatic hydroxyl groups excluding tert-OH is 1. The van der Waals surface area contributed by atoms with E-state index in [1.54, 1.807) is 0 Å². The monoisotopic (exact) mass is 370 g/mol. The minimum Gasteiger partial charge on any atom is -0.417 e. The molecule has 2 aliphatic rings. The topological polar surface area (TPSA) is 47.9 Å². The minimum atomic E-state index is -1.77. The van der Waals surface area contributed by atoms with E-state index in [2.05, 4.69) is 53.8 Å². The Kier molecular flexibility index (Phi) is 5.98. The van der Waals surface area contributed by atoms with E-state index >= 15 is 0 Å². The highest BCUT2D eigenvalue weighted by molar-refractivity contribution is 6.74. The molecule has 146 valence electrons. The van der Waals surface area contributed by atoms with Crippen molar-refractivity contribution in [3.8, 4) is 0 Å². The quantitative estimate of drug-likeness (QED) is 0.552. The summed E-state index contributed by atoms with van der Waals surface area (Å²) in [5, 5.41) is 9.48. The van der Waals surface area contributed by atoms with Crippen LogP contribution in [-0.2, 0) is 13.9 Å². The van der Waals surface area contributed by atoms with Gasteiger partial charge in [-0.25, -0.2) is 0 Å². The van der Waals surface area contributed by atoms with Gasteiger partial charge in [0.05, 0.1) is 19.8 Å². The molecular formula is C20H38O4Si. The summed E-state index contributed by atoms with van der Waals surface area (Å²) in [4.78, 5) is 0. The van der Waals surface area contributed by atoms with Crippen LogP contribution in [0.25, 0.3) is 0 Å². The zero-order chi connectivity index (χ0) is 19.0. The van der Waals surface area contributed by atoms with Gasteiger partial charge in [0.2, 0.25) is 0 Å². The van der Waals surface area contributed by atoms with Crippen molar-refractivity contribution < 1.29 is 19.0 Å². The predicted octanol–water partition coefficient (Wildman–Crippen LogP) is 4.50. The zero-order valence-electron chi connectivity index (χ0n) is 17.3. The molecule has 2 atom stereocenters. The lowest BCUT2D eigenvalue weighted by Crippen LogP contribution is -2.51. The maximum atomic E-state index is 9.27. The van der Waals surface area contributed by atoms with Crippen molar-refractivity contribution in [3.05, 3.63) is 12.2 Å². The normalized spacial score (nSPS) is 33.0. The van der Waals surface area contributed by atoms with Crippen molar-refractivity contribution in [1.82, 2.24) is 0 Å². The second-order valence-electron chi connectivity index (χ2n) is 9.64. The molecule has 4 nitrogen and oxygen atoms in total. The van der Waals surface area contributed by atoms with Crippen LogP contribution in [0.3, 0.4) is 0 Å². The van der Waals surface area contributed by atoms with Crippen molar-refractivity contribution in [2.75, 3.05) is 26.4 Å². The zero-order valence-corrected chi connectivity index (χ0v) is 18.3. The average molecular weight is 371 g/mol. The molecule has 1 aliphatic heterocycles. The Bertz CT molecular complexity index is 490. The van der Waals surface area contributed by atoms with Crippen LogP contribution in [-0.4, -0.2) is 45.6 Å². The lowest BCUT2D eigenvalue weighted by Gasteiger charge is -2.48. The van der Waals surface area contributed by atoms with E-state index in [1.165, 1.54) is 0 Å². The van der Waals surface area contributed by atoms with Crippen LogP contribution in [0.4, 0.5) is 0 Å². The van der Waals surface area contributed by atoms with E-state index in [4.69, 9.17) is 13.9 Å². The Labute approximate surface area is 155 Å². The van der Waals surface area contributed by atoms with Gasteiger partial charge in [0.1, 0.15) is 0 Å². The number of hydrogen-bond donors (Lipinski definition) is 1. The molecule has 0 aromatic rings. The maximum Gasteiger partial charge on any atom is 0.191 e. The van der Waals surface area contributed by atoms with Crippen molar-refractivity contribution in [2.24, 2.45) is 10.8 Å². The second-order valence-corrected chi connectivity index (χ2v) is 14.5. The second kappa shape index (κ2) is 7.08. The molecule has 0 radical (unpaired) electrons.